The van der Waals surface area contributed by atoms with Crippen molar-refractivity contribution < 1.29 is 0 Å². The fourth-order valence-corrected chi connectivity index (χ4v) is 2.12. The van der Waals surface area contributed by atoms with Crippen molar-refractivity contribution in [2.24, 2.45) is 0 Å². The van der Waals surface area contributed by atoms with Crippen LogP contribution in [0.5, 0.6) is 0 Å². The minimum absolute atomic E-state index is 0. The van der Waals surface area contributed by atoms with E-state index in [1.54, 1.807) is 6.20 Å². The standard InChI is InChI=1S/C12H8N4.ClH/c1-2-5-9-8(4-1)10-11(14-9)16-7-3-6-13-12(16)15-10;/h1-7,14H;1H. The van der Waals surface area contributed by atoms with Gasteiger partial charge in [0.15, 0.2) is 0 Å². The Balaban J connectivity index is 0.000000902. The Bertz CT molecular complexity index is 745. The SMILES string of the molecule is Cl.c1ccc2c(c1)[nH]c1c2nc2ncccn21. The Morgan fingerprint density at radius 2 is 2.00 bits per heavy atom. The Morgan fingerprint density at radius 1 is 1.12 bits per heavy atom. The number of para-hydroxylation sites is 1. The number of imidazole rings is 1. The van der Waals surface area contributed by atoms with Gasteiger partial charge in [-0.1, -0.05) is 18.2 Å². The van der Waals surface area contributed by atoms with E-state index in [9.17, 15) is 0 Å². The van der Waals surface area contributed by atoms with Gasteiger partial charge in [0, 0.05) is 23.3 Å². The average Bonchev–Trinajstić information content (AvgIpc) is 2.85. The summed E-state index contributed by atoms with van der Waals surface area (Å²) >= 11 is 0. The van der Waals surface area contributed by atoms with E-state index < -0.39 is 0 Å². The Morgan fingerprint density at radius 3 is 2.94 bits per heavy atom. The molecule has 0 unspecified atom stereocenters. The van der Waals surface area contributed by atoms with Crippen LogP contribution in [0.15, 0.2) is 42.7 Å². The maximum atomic E-state index is 4.52. The molecule has 3 heterocycles. The third kappa shape index (κ3) is 1.24. The first kappa shape index (κ1) is 10.1. The fourth-order valence-electron chi connectivity index (χ4n) is 2.12. The van der Waals surface area contributed by atoms with Gasteiger partial charge < -0.3 is 4.98 Å². The lowest BCUT2D eigenvalue weighted by molar-refractivity contribution is 1.12. The molecule has 0 radical (unpaired) electrons. The Hall–Kier alpha value is -2.07. The van der Waals surface area contributed by atoms with Gasteiger partial charge in [0.25, 0.3) is 0 Å². The molecule has 0 aliphatic carbocycles. The molecular formula is C12H9ClN4. The number of nitrogens with zero attached hydrogens (tertiary/aromatic N) is 3. The van der Waals surface area contributed by atoms with Crippen molar-refractivity contribution in [1.82, 2.24) is 19.4 Å². The van der Waals surface area contributed by atoms with E-state index in [0.29, 0.717) is 0 Å². The van der Waals surface area contributed by atoms with E-state index in [4.69, 9.17) is 0 Å². The van der Waals surface area contributed by atoms with Gasteiger partial charge in [0.05, 0.1) is 0 Å². The molecule has 0 bridgehead atoms. The van der Waals surface area contributed by atoms with Gasteiger partial charge in [-0.25, -0.2) is 9.97 Å². The van der Waals surface area contributed by atoms with Crippen LogP contribution >= 0.6 is 12.4 Å². The van der Waals surface area contributed by atoms with E-state index in [1.165, 1.54) is 0 Å². The van der Waals surface area contributed by atoms with Gasteiger partial charge in [0.2, 0.25) is 5.78 Å². The number of aromatic nitrogens is 4. The minimum Gasteiger partial charge on any atom is -0.339 e. The van der Waals surface area contributed by atoms with E-state index in [0.717, 1.165) is 27.8 Å². The molecule has 0 saturated carbocycles. The van der Waals surface area contributed by atoms with Crippen LogP contribution in [-0.4, -0.2) is 19.4 Å². The predicted octanol–water partition coefficient (Wildman–Crippen LogP) is 2.79. The number of fused-ring (bicyclic) bond motifs is 5. The summed E-state index contributed by atoms with van der Waals surface area (Å²) in [5.74, 6) is 0.731. The zero-order valence-corrected chi connectivity index (χ0v) is 9.61. The van der Waals surface area contributed by atoms with Crippen LogP contribution in [0.1, 0.15) is 0 Å². The maximum absolute atomic E-state index is 4.52. The molecule has 0 amide bonds. The molecule has 0 aliphatic rings. The smallest absolute Gasteiger partial charge is 0.235 e. The highest BCUT2D eigenvalue weighted by molar-refractivity contribution is 6.04. The molecule has 1 aromatic carbocycles. The van der Waals surface area contributed by atoms with E-state index in [-0.39, 0.29) is 12.4 Å². The molecule has 4 nitrogen and oxygen atoms in total. The third-order valence-electron chi connectivity index (χ3n) is 2.84. The molecule has 1 N–H and O–H groups in total. The van der Waals surface area contributed by atoms with Crippen LogP contribution in [-0.2, 0) is 0 Å². The molecule has 3 aromatic heterocycles. The summed E-state index contributed by atoms with van der Waals surface area (Å²) in [6.45, 7) is 0. The molecule has 4 rings (SSSR count). The lowest BCUT2D eigenvalue weighted by Gasteiger charge is -1.90. The summed E-state index contributed by atoms with van der Waals surface area (Å²) in [5, 5.41) is 1.14. The van der Waals surface area contributed by atoms with Crippen LogP contribution in [0.4, 0.5) is 0 Å². The highest BCUT2D eigenvalue weighted by Crippen LogP contribution is 2.24. The van der Waals surface area contributed by atoms with Gasteiger partial charge in [-0.05, 0) is 12.1 Å². The molecule has 5 heteroatoms. The molecule has 0 fully saturated rings. The topological polar surface area (TPSA) is 46.0 Å². The highest BCUT2D eigenvalue weighted by Gasteiger charge is 2.10. The average molecular weight is 245 g/mol. The summed E-state index contributed by atoms with van der Waals surface area (Å²) in [6.07, 6.45) is 3.72. The predicted molar refractivity (Wildman–Crippen MR) is 69.6 cm³/mol. The van der Waals surface area contributed by atoms with Crippen LogP contribution in [0.2, 0.25) is 0 Å². The first-order chi connectivity index (χ1) is 7.93. The van der Waals surface area contributed by atoms with Gasteiger partial charge in [-0.15, -0.1) is 12.4 Å². The van der Waals surface area contributed by atoms with Crippen LogP contribution in [0, 0.1) is 0 Å². The van der Waals surface area contributed by atoms with Crippen molar-refractivity contribution in [1.29, 1.82) is 0 Å². The third-order valence-corrected chi connectivity index (χ3v) is 2.84. The zero-order chi connectivity index (χ0) is 10.5. The van der Waals surface area contributed by atoms with Crippen molar-refractivity contribution in [2.45, 2.75) is 0 Å². The molecular weight excluding hydrogens is 236 g/mol. The molecule has 0 atom stereocenters. The first-order valence-electron chi connectivity index (χ1n) is 5.13. The van der Waals surface area contributed by atoms with Crippen molar-refractivity contribution in [2.75, 3.05) is 0 Å². The number of rotatable bonds is 0. The number of nitrogens with one attached hydrogen (secondary N) is 1. The molecule has 4 aromatic rings. The molecule has 0 aliphatic heterocycles. The molecule has 0 spiro atoms. The number of halogens is 1. The lowest BCUT2D eigenvalue weighted by Crippen LogP contribution is -1.86. The minimum atomic E-state index is 0. The van der Waals surface area contributed by atoms with E-state index >= 15 is 0 Å². The van der Waals surface area contributed by atoms with Gasteiger partial charge in [-0.2, -0.15) is 0 Å². The van der Waals surface area contributed by atoms with Gasteiger partial charge >= 0.3 is 0 Å². The summed E-state index contributed by atoms with van der Waals surface area (Å²) in [4.78, 5) is 12.1. The number of hydrogen-bond donors (Lipinski definition) is 1. The van der Waals surface area contributed by atoms with Crippen molar-refractivity contribution >= 4 is 40.3 Å². The summed E-state index contributed by atoms with van der Waals surface area (Å²) in [6, 6.07) is 10.1. The van der Waals surface area contributed by atoms with E-state index in [1.807, 2.05) is 28.8 Å². The lowest BCUT2D eigenvalue weighted by atomic mass is 10.2. The number of hydrogen-bond acceptors (Lipinski definition) is 2. The van der Waals surface area contributed by atoms with Crippen LogP contribution in [0.3, 0.4) is 0 Å². The second-order valence-electron chi connectivity index (χ2n) is 3.77. The summed E-state index contributed by atoms with van der Waals surface area (Å²) in [7, 11) is 0. The summed E-state index contributed by atoms with van der Waals surface area (Å²) < 4.78 is 1.97. The fraction of sp³-hybridized carbons (Fsp3) is 0. The van der Waals surface area contributed by atoms with Gasteiger partial charge in [-0.3, -0.25) is 4.40 Å². The maximum Gasteiger partial charge on any atom is 0.235 e. The number of benzene rings is 1. The van der Waals surface area contributed by atoms with Gasteiger partial charge in [0.1, 0.15) is 11.2 Å². The second-order valence-corrected chi connectivity index (χ2v) is 3.77. The van der Waals surface area contributed by atoms with E-state index in [2.05, 4.69) is 27.1 Å². The van der Waals surface area contributed by atoms with Crippen molar-refractivity contribution in [3.8, 4) is 0 Å². The molecule has 84 valence electrons. The molecule has 0 saturated heterocycles. The van der Waals surface area contributed by atoms with Crippen molar-refractivity contribution in [3.05, 3.63) is 42.7 Å². The highest BCUT2D eigenvalue weighted by atomic mass is 35.5. The Kier molecular flexibility index (Phi) is 2.06. The van der Waals surface area contributed by atoms with Crippen LogP contribution in [0.25, 0.3) is 27.8 Å². The van der Waals surface area contributed by atoms with Crippen molar-refractivity contribution in [3.63, 3.8) is 0 Å². The monoisotopic (exact) mass is 244 g/mol. The second kappa shape index (κ2) is 3.46. The number of aromatic amines is 1. The summed E-state index contributed by atoms with van der Waals surface area (Å²) in [5.41, 5.74) is 3.09. The Labute approximate surface area is 103 Å². The van der Waals surface area contributed by atoms with Crippen LogP contribution < -0.4 is 0 Å². The molecule has 17 heavy (non-hydrogen) atoms. The largest absolute Gasteiger partial charge is 0.339 e. The normalized spacial score (nSPS) is 11.1. The quantitative estimate of drug-likeness (QED) is 0.517. The number of H-pyrrole nitrogens is 1. The zero-order valence-electron chi connectivity index (χ0n) is 8.79. The first-order valence-corrected chi connectivity index (χ1v) is 5.13.